The molecular weight excluding hydrogens is 279 g/mol. The van der Waals surface area contributed by atoms with E-state index in [4.69, 9.17) is 4.74 Å². The van der Waals surface area contributed by atoms with Gasteiger partial charge >= 0.3 is 6.01 Å². The molecule has 0 radical (unpaired) electrons. The molecule has 8 heteroatoms. The van der Waals surface area contributed by atoms with Crippen LogP contribution >= 0.6 is 0 Å². The molecule has 0 spiro atoms. The summed E-state index contributed by atoms with van der Waals surface area (Å²) in [4.78, 5) is 17.7. The molecule has 0 aliphatic carbocycles. The summed E-state index contributed by atoms with van der Waals surface area (Å²) in [5, 5.41) is 13.6. The molecule has 2 rings (SSSR count). The van der Waals surface area contributed by atoms with Gasteiger partial charge in [0.1, 0.15) is 0 Å². The molecule has 1 aromatic heterocycles. The Morgan fingerprint density at radius 1 is 1.38 bits per heavy atom. The number of rotatable bonds is 6. The summed E-state index contributed by atoms with van der Waals surface area (Å²) in [5.74, 6) is -1.01. The van der Waals surface area contributed by atoms with Crippen molar-refractivity contribution in [3.8, 4) is 11.8 Å². The maximum absolute atomic E-state index is 13.6. The van der Waals surface area contributed by atoms with Crippen molar-refractivity contribution < 1.29 is 14.1 Å². The highest BCUT2D eigenvalue weighted by Gasteiger charge is 2.13. The Morgan fingerprint density at radius 2 is 2.10 bits per heavy atom. The first-order valence-electron chi connectivity index (χ1n) is 6.23. The molecule has 0 aliphatic rings. The lowest BCUT2D eigenvalue weighted by Crippen LogP contribution is -2.12. The smallest absolute Gasteiger partial charge is 0.321 e. The lowest BCUT2D eigenvalue weighted by molar-refractivity contribution is -0.385. The van der Waals surface area contributed by atoms with Crippen LogP contribution in [0, 0.1) is 15.9 Å². The molecule has 1 heterocycles. The van der Waals surface area contributed by atoms with Crippen molar-refractivity contribution >= 4 is 5.69 Å². The Balaban J connectivity index is 2.09. The number of ether oxygens (including phenoxy) is 1. The zero-order valence-electron chi connectivity index (χ0n) is 11.2. The zero-order chi connectivity index (χ0) is 15.2. The molecule has 0 fully saturated rings. The summed E-state index contributed by atoms with van der Waals surface area (Å²) in [6.45, 7) is 3.44. The van der Waals surface area contributed by atoms with Gasteiger partial charge in [0.25, 0.3) is 5.69 Å². The SMILES string of the molecule is CCNCc1cnc(Oc2ccc([N+](=O)[O-])cc2F)nc1. The average molecular weight is 292 g/mol. The van der Waals surface area contributed by atoms with Crippen LogP contribution in [-0.4, -0.2) is 21.4 Å². The maximum Gasteiger partial charge on any atom is 0.321 e. The largest absolute Gasteiger partial charge is 0.421 e. The molecular formula is C13H13FN4O3. The van der Waals surface area contributed by atoms with Gasteiger partial charge < -0.3 is 10.1 Å². The van der Waals surface area contributed by atoms with Crippen molar-refractivity contribution in [2.75, 3.05) is 6.54 Å². The maximum atomic E-state index is 13.6. The normalized spacial score (nSPS) is 10.4. The predicted octanol–water partition coefficient (Wildman–Crippen LogP) is 2.43. The van der Waals surface area contributed by atoms with E-state index in [0.717, 1.165) is 24.2 Å². The van der Waals surface area contributed by atoms with Gasteiger partial charge in [-0.2, -0.15) is 0 Å². The van der Waals surface area contributed by atoms with Crippen LogP contribution in [0.4, 0.5) is 10.1 Å². The molecule has 0 atom stereocenters. The fourth-order valence-electron chi connectivity index (χ4n) is 1.54. The molecule has 1 aromatic carbocycles. The third kappa shape index (κ3) is 3.93. The highest BCUT2D eigenvalue weighted by atomic mass is 19.1. The van der Waals surface area contributed by atoms with Gasteiger partial charge in [-0.25, -0.2) is 14.4 Å². The summed E-state index contributed by atoms with van der Waals surface area (Å²) >= 11 is 0. The molecule has 0 bridgehead atoms. The molecule has 0 aliphatic heterocycles. The molecule has 7 nitrogen and oxygen atoms in total. The summed E-state index contributed by atoms with van der Waals surface area (Å²) < 4.78 is 18.8. The second-order valence-corrected chi connectivity index (χ2v) is 4.13. The minimum atomic E-state index is -0.843. The van der Waals surface area contributed by atoms with Gasteiger partial charge in [0.2, 0.25) is 0 Å². The average Bonchev–Trinajstić information content (AvgIpc) is 2.48. The van der Waals surface area contributed by atoms with Crippen molar-refractivity contribution in [3.05, 3.63) is 52.1 Å². The van der Waals surface area contributed by atoms with Crippen LogP contribution in [0.5, 0.6) is 11.8 Å². The topological polar surface area (TPSA) is 90.2 Å². The first-order valence-corrected chi connectivity index (χ1v) is 6.23. The molecule has 1 N–H and O–H groups in total. The minimum Gasteiger partial charge on any atom is -0.421 e. The van der Waals surface area contributed by atoms with E-state index in [0.29, 0.717) is 6.54 Å². The number of nitrogens with zero attached hydrogens (tertiary/aromatic N) is 3. The standard InChI is InChI=1S/C13H13FN4O3/c1-2-15-6-9-7-16-13(17-8-9)21-12-4-3-10(18(19)20)5-11(12)14/h3-5,7-8,15H,2,6H2,1H3. The summed E-state index contributed by atoms with van der Waals surface area (Å²) in [7, 11) is 0. The molecule has 0 amide bonds. The summed E-state index contributed by atoms with van der Waals surface area (Å²) in [5.41, 5.74) is 0.523. The van der Waals surface area contributed by atoms with Crippen LogP contribution in [0.2, 0.25) is 0 Å². The Morgan fingerprint density at radius 3 is 2.67 bits per heavy atom. The summed E-state index contributed by atoms with van der Waals surface area (Å²) in [6, 6.07) is 3.08. The number of hydrogen-bond donors (Lipinski definition) is 1. The van der Waals surface area contributed by atoms with E-state index < -0.39 is 10.7 Å². The quantitative estimate of drug-likeness (QED) is 0.649. The molecule has 2 aromatic rings. The van der Waals surface area contributed by atoms with Crippen molar-refractivity contribution in [1.29, 1.82) is 0 Å². The van der Waals surface area contributed by atoms with Gasteiger partial charge in [-0.1, -0.05) is 6.92 Å². The third-order valence-electron chi connectivity index (χ3n) is 2.59. The highest BCUT2D eigenvalue weighted by Crippen LogP contribution is 2.25. The van der Waals surface area contributed by atoms with Gasteiger partial charge in [-0.05, 0) is 12.6 Å². The molecule has 21 heavy (non-hydrogen) atoms. The van der Waals surface area contributed by atoms with E-state index in [2.05, 4.69) is 15.3 Å². The molecule has 0 unspecified atom stereocenters. The van der Waals surface area contributed by atoms with Crippen LogP contribution in [0.3, 0.4) is 0 Å². The highest BCUT2D eigenvalue weighted by molar-refractivity contribution is 5.38. The Bertz CT molecular complexity index is 634. The second-order valence-electron chi connectivity index (χ2n) is 4.13. The van der Waals surface area contributed by atoms with Gasteiger partial charge in [0, 0.05) is 30.6 Å². The van der Waals surface area contributed by atoms with E-state index in [1.807, 2.05) is 6.92 Å². The minimum absolute atomic E-state index is 0.0250. The van der Waals surface area contributed by atoms with Crippen molar-refractivity contribution in [1.82, 2.24) is 15.3 Å². The van der Waals surface area contributed by atoms with Crippen LogP contribution in [0.1, 0.15) is 12.5 Å². The van der Waals surface area contributed by atoms with E-state index in [1.54, 1.807) is 12.4 Å². The number of hydrogen-bond acceptors (Lipinski definition) is 6. The number of nitro benzene ring substituents is 1. The van der Waals surface area contributed by atoms with E-state index in [1.165, 1.54) is 6.07 Å². The van der Waals surface area contributed by atoms with Gasteiger partial charge in [-0.3, -0.25) is 10.1 Å². The number of non-ortho nitro benzene ring substituents is 1. The van der Waals surface area contributed by atoms with Gasteiger partial charge in [0.15, 0.2) is 11.6 Å². The second kappa shape index (κ2) is 6.71. The number of nitrogens with one attached hydrogen (secondary N) is 1. The Labute approximate surface area is 120 Å². The Kier molecular flexibility index (Phi) is 4.72. The van der Waals surface area contributed by atoms with Gasteiger partial charge in [-0.15, -0.1) is 0 Å². The lowest BCUT2D eigenvalue weighted by atomic mass is 10.3. The van der Waals surface area contributed by atoms with E-state index in [-0.39, 0.29) is 17.4 Å². The fraction of sp³-hybridized carbons (Fsp3) is 0.231. The number of benzene rings is 1. The first-order chi connectivity index (χ1) is 10.1. The van der Waals surface area contributed by atoms with Crippen LogP contribution in [0.25, 0.3) is 0 Å². The number of nitro groups is 1. The summed E-state index contributed by atoms with van der Waals surface area (Å²) in [6.07, 6.45) is 3.13. The van der Waals surface area contributed by atoms with E-state index in [9.17, 15) is 14.5 Å². The van der Waals surface area contributed by atoms with Crippen molar-refractivity contribution in [2.24, 2.45) is 0 Å². The van der Waals surface area contributed by atoms with Crippen LogP contribution in [0.15, 0.2) is 30.6 Å². The predicted molar refractivity (Wildman–Crippen MR) is 72.5 cm³/mol. The molecule has 0 saturated heterocycles. The third-order valence-corrected chi connectivity index (χ3v) is 2.59. The Hall–Kier alpha value is -2.61. The molecule has 110 valence electrons. The van der Waals surface area contributed by atoms with Crippen molar-refractivity contribution in [3.63, 3.8) is 0 Å². The fourth-order valence-corrected chi connectivity index (χ4v) is 1.54. The van der Waals surface area contributed by atoms with E-state index >= 15 is 0 Å². The number of halogens is 1. The lowest BCUT2D eigenvalue weighted by Gasteiger charge is -2.05. The van der Waals surface area contributed by atoms with Crippen molar-refractivity contribution in [2.45, 2.75) is 13.5 Å². The molecule has 0 saturated carbocycles. The number of aromatic nitrogens is 2. The first kappa shape index (κ1) is 14.8. The zero-order valence-corrected chi connectivity index (χ0v) is 11.2. The van der Waals surface area contributed by atoms with Crippen LogP contribution in [-0.2, 0) is 6.54 Å². The van der Waals surface area contributed by atoms with Gasteiger partial charge in [0.05, 0.1) is 11.0 Å². The monoisotopic (exact) mass is 292 g/mol. The van der Waals surface area contributed by atoms with Crippen LogP contribution < -0.4 is 10.1 Å².